The van der Waals surface area contributed by atoms with Gasteiger partial charge in [0.2, 0.25) is 11.9 Å². The SMILES string of the molecule is COc1n[nH]c(NC(=O)C(C)C(C)C(=O)O)n1. The number of nitrogens with one attached hydrogen (secondary N) is 2. The first kappa shape index (κ1) is 12.9. The fourth-order valence-electron chi connectivity index (χ4n) is 1.07. The zero-order valence-electron chi connectivity index (χ0n) is 9.72. The minimum atomic E-state index is -1.03. The van der Waals surface area contributed by atoms with Crippen LogP contribution in [-0.4, -0.2) is 39.3 Å². The van der Waals surface area contributed by atoms with Gasteiger partial charge in [0.05, 0.1) is 13.0 Å². The molecule has 2 atom stereocenters. The molecule has 0 spiro atoms. The van der Waals surface area contributed by atoms with E-state index in [1.807, 2.05) is 0 Å². The molecule has 94 valence electrons. The van der Waals surface area contributed by atoms with E-state index in [1.54, 1.807) is 0 Å². The zero-order valence-corrected chi connectivity index (χ0v) is 9.72. The molecule has 0 aliphatic rings. The lowest BCUT2D eigenvalue weighted by Crippen LogP contribution is -2.30. The van der Waals surface area contributed by atoms with Gasteiger partial charge in [-0.15, -0.1) is 5.10 Å². The number of hydrogen-bond donors (Lipinski definition) is 3. The third-order valence-electron chi connectivity index (χ3n) is 2.44. The lowest BCUT2D eigenvalue weighted by Gasteiger charge is -2.14. The molecule has 8 heteroatoms. The van der Waals surface area contributed by atoms with Gasteiger partial charge in [-0.3, -0.25) is 14.9 Å². The Kier molecular flexibility index (Phi) is 4.02. The third-order valence-corrected chi connectivity index (χ3v) is 2.44. The van der Waals surface area contributed by atoms with Crippen molar-refractivity contribution in [3.8, 4) is 6.01 Å². The van der Waals surface area contributed by atoms with E-state index >= 15 is 0 Å². The standard InChI is InChI=1S/C9H14N4O4/c1-4(5(2)7(15)16)6(14)10-8-11-9(17-3)13-12-8/h4-5H,1-3H3,(H,15,16)(H2,10,11,12,13,14). The maximum atomic E-state index is 11.7. The number of carboxylic acids is 1. The van der Waals surface area contributed by atoms with Crippen LogP contribution in [-0.2, 0) is 9.59 Å². The molecule has 0 fully saturated rings. The average molecular weight is 242 g/mol. The molecule has 3 N–H and O–H groups in total. The van der Waals surface area contributed by atoms with Gasteiger partial charge >= 0.3 is 12.0 Å². The lowest BCUT2D eigenvalue weighted by molar-refractivity contribution is -0.145. The number of H-pyrrole nitrogens is 1. The van der Waals surface area contributed by atoms with Crippen LogP contribution in [0.25, 0.3) is 0 Å². The number of carbonyl (C=O) groups is 2. The summed E-state index contributed by atoms with van der Waals surface area (Å²) >= 11 is 0. The molecular formula is C9H14N4O4. The normalized spacial score (nSPS) is 13.8. The van der Waals surface area contributed by atoms with Crippen molar-refractivity contribution in [2.45, 2.75) is 13.8 Å². The monoisotopic (exact) mass is 242 g/mol. The van der Waals surface area contributed by atoms with Crippen LogP contribution in [0.5, 0.6) is 6.01 Å². The van der Waals surface area contributed by atoms with Gasteiger partial charge in [0.15, 0.2) is 0 Å². The number of nitrogens with zero attached hydrogens (tertiary/aromatic N) is 2. The largest absolute Gasteiger partial charge is 0.481 e. The molecule has 0 radical (unpaired) electrons. The Morgan fingerprint density at radius 1 is 1.41 bits per heavy atom. The first-order valence-electron chi connectivity index (χ1n) is 4.95. The van der Waals surface area contributed by atoms with Gasteiger partial charge in [-0.25, -0.2) is 5.10 Å². The van der Waals surface area contributed by atoms with Gasteiger partial charge < -0.3 is 9.84 Å². The van der Waals surface area contributed by atoms with Crippen molar-refractivity contribution in [1.29, 1.82) is 0 Å². The third kappa shape index (κ3) is 3.16. The van der Waals surface area contributed by atoms with E-state index in [0.29, 0.717) is 0 Å². The molecule has 0 aliphatic heterocycles. The van der Waals surface area contributed by atoms with Crippen LogP contribution in [0.4, 0.5) is 5.95 Å². The van der Waals surface area contributed by atoms with E-state index < -0.39 is 23.7 Å². The molecule has 17 heavy (non-hydrogen) atoms. The number of carboxylic acid groups (broad SMARTS) is 1. The zero-order chi connectivity index (χ0) is 13.0. The summed E-state index contributed by atoms with van der Waals surface area (Å²) in [6, 6.07) is 0.0965. The van der Waals surface area contributed by atoms with E-state index in [0.717, 1.165) is 0 Å². The first-order valence-corrected chi connectivity index (χ1v) is 4.95. The van der Waals surface area contributed by atoms with Gasteiger partial charge in [0.25, 0.3) is 0 Å². The Morgan fingerprint density at radius 2 is 2.06 bits per heavy atom. The number of rotatable bonds is 5. The van der Waals surface area contributed by atoms with Crippen molar-refractivity contribution >= 4 is 17.8 Å². The second kappa shape index (κ2) is 5.28. The quantitative estimate of drug-likeness (QED) is 0.674. The van der Waals surface area contributed by atoms with E-state index in [1.165, 1.54) is 21.0 Å². The predicted octanol–water partition coefficient (Wildman–Crippen LogP) is 0.109. The van der Waals surface area contributed by atoms with Crippen molar-refractivity contribution in [3.05, 3.63) is 0 Å². The lowest BCUT2D eigenvalue weighted by atomic mass is 9.95. The number of carbonyl (C=O) groups excluding carboxylic acids is 1. The number of methoxy groups -OCH3 is 1. The maximum Gasteiger partial charge on any atom is 0.336 e. The van der Waals surface area contributed by atoms with Gasteiger partial charge in [0.1, 0.15) is 0 Å². The number of ether oxygens (including phenoxy) is 1. The van der Waals surface area contributed by atoms with Gasteiger partial charge in [0, 0.05) is 5.92 Å². The van der Waals surface area contributed by atoms with E-state index in [2.05, 4.69) is 20.5 Å². The molecule has 0 saturated heterocycles. The number of aliphatic carboxylic acids is 1. The fourth-order valence-corrected chi connectivity index (χ4v) is 1.07. The molecule has 0 saturated carbocycles. The van der Waals surface area contributed by atoms with Crippen LogP contribution in [0.2, 0.25) is 0 Å². The Labute approximate surface area is 97.4 Å². The summed E-state index contributed by atoms with van der Waals surface area (Å²) < 4.78 is 4.72. The highest BCUT2D eigenvalue weighted by atomic mass is 16.5. The van der Waals surface area contributed by atoms with Crippen LogP contribution in [0, 0.1) is 11.8 Å². The smallest absolute Gasteiger partial charge is 0.336 e. The van der Waals surface area contributed by atoms with Crippen molar-refractivity contribution in [1.82, 2.24) is 15.2 Å². The highest BCUT2D eigenvalue weighted by molar-refractivity contribution is 5.93. The Bertz CT molecular complexity index is 417. The van der Waals surface area contributed by atoms with Crippen molar-refractivity contribution in [2.75, 3.05) is 12.4 Å². The fraction of sp³-hybridized carbons (Fsp3) is 0.556. The number of aromatic nitrogens is 3. The molecule has 1 aromatic heterocycles. The summed E-state index contributed by atoms with van der Waals surface area (Å²) in [5, 5.41) is 17.3. The molecule has 2 unspecified atom stereocenters. The minimum absolute atomic E-state index is 0.0965. The Hall–Kier alpha value is -2.12. The van der Waals surface area contributed by atoms with E-state index in [-0.39, 0.29) is 12.0 Å². The number of aromatic amines is 1. The number of hydrogen-bond acceptors (Lipinski definition) is 5. The van der Waals surface area contributed by atoms with Gasteiger partial charge in [-0.2, -0.15) is 4.98 Å². The van der Waals surface area contributed by atoms with Crippen molar-refractivity contribution in [2.24, 2.45) is 11.8 Å². The van der Waals surface area contributed by atoms with Crippen molar-refractivity contribution in [3.63, 3.8) is 0 Å². The summed E-state index contributed by atoms with van der Waals surface area (Å²) in [7, 11) is 1.39. The highest BCUT2D eigenvalue weighted by Gasteiger charge is 2.26. The molecule has 0 aromatic carbocycles. The molecule has 8 nitrogen and oxygen atoms in total. The van der Waals surface area contributed by atoms with Crippen molar-refractivity contribution < 1.29 is 19.4 Å². The topological polar surface area (TPSA) is 117 Å². The van der Waals surface area contributed by atoms with Crippen LogP contribution in [0.3, 0.4) is 0 Å². The van der Waals surface area contributed by atoms with E-state index in [9.17, 15) is 9.59 Å². The molecule has 1 rings (SSSR count). The molecule has 1 amide bonds. The molecule has 0 bridgehead atoms. The second-order valence-corrected chi connectivity index (χ2v) is 3.58. The molecular weight excluding hydrogens is 228 g/mol. The number of anilines is 1. The van der Waals surface area contributed by atoms with Crippen LogP contribution >= 0.6 is 0 Å². The first-order chi connectivity index (χ1) is 7.95. The van der Waals surface area contributed by atoms with Crippen LogP contribution in [0.15, 0.2) is 0 Å². The average Bonchev–Trinajstić information content (AvgIpc) is 2.74. The summed E-state index contributed by atoms with van der Waals surface area (Å²) in [5.74, 6) is -2.80. The summed E-state index contributed by atoms with van der Waals surface area (Å²) in [4.78, 5) is 26.2. The maximum absolute atomic E-state index is 11.7. The highest BCUT2D eigenvalue weighted by Crippen LogP contribution is 2.13. The number of amides is 1. The van der Waals surface area contributed by atoms with E-state index in [4.69, 9.17) is 9.84 Å². The predicted molar refractivity (Wildman–Crippen MR) is 57.5 cm³/mol. The molecule has 0 aliphatic carbocycles. The summed E-state index contributed by atoms with van der Waals surface area (Å²) in [6.45, 7) is 3.00. The summed E-state index contributed by atoms with van der Waals surface area (Å²) in [5.41, 5.74) is 0. The minimum Gasteiger partial charge on any atom is -0.481 e. The second-order valence-electron chi connectivity index (χ2n) is 3.58. The van der Waals surface area contributed by atoms with Gasteiger partial charge in [-0.1, -0.05) is 13.8 Å². The molecule has 1 heterocycles. The molecule has 1 aromatic rings. The van der Waals surface area contributed by atoms with Crippen LogP contribution in [0.1, 0.15) is 13.8 Å². The Balaban J connectivity index is 2.62. The van der Waals surface area contributed by atoms with Crippen LogP contribution < -0.4 is 10.1 Å². The van der Waals surface area contributed by atoms with Gasteiger partial charge in [-0.05, 0) is 0 Å². The summed E-state index contributed by atoms with van der Waals surface area (Å²) in [6.07, 6.45) is 0. The Morgan fingerprint density at radius 3 is 2.53 bits per heavy atom.